The van der Waals surface area contributed by atoms with Gasteiger partial charge in [0, 0.05) is 31.0 Å². The highest BCUT2D eigenvalue weighted by atomic mass is 16.6. The minimum atomic E-state index is -0.542. The quantitative estimate of drug-likeness (QED) is 0.807. The highest BCUT2D eigenvalue weighted by molar-refractivity contribution is 5.68. The van der Waals surface area contributed by atoms with E-state index in [-0.39, 0.29) is 24.3 Å². The molecule has 0 aromatic carbocycles. The number of carbonyl (C=O) groups is 1. The minimum absolute atomic E-state index is 0.0545. The van der Waals surface area contributed by atoms with Gasteiger partial charge in [-0.3, -0.25) is 0 Å². The molecule has 1 aliphatic carbocycles. The molecule has 1 unspecified atom stereocenters. The van der Waals surface area contributed by atoms with Gasteiger partial charge in [-0.05, 0) is 59.4 Å². The highest BCUT2D eigenvalue weighted by Crippen LogP contribution is 2.24. The molecule has 1 aliphatic heterocycles. The van der Waals surface area contributed by atoms with Crippen molar-refractivity contribution in [3.63, 3.8) is 0 Å². The number of ether oxygens (including phenoxy) is 2. The Balaban J connectivity index is 1.72. The number of nitrogens with two attached hydrogens (primary N) is 1. The SMILES string of the molecule is CC(C)O[C@H]1CN(c2ncc3c(n2)CCC(N)C3)C[C@@H]1NC(=O)OC(C)(C)C. The number of amides is 1. The van der Waals surface area contributed by atoms with Crippen molar-refractivity contribution in [1.82, 2.24) is 15.3 Å². The second-order valence-corrected chi connectivity index (χ2v) is 9.03. The van der Waals surface area contributed by atoms with Crippen LogP contribution in [0.2, 0.25) is 0 Å². The number of hydrogen-bond donors (Lipinski definition) is 2. The fourth-order valence-corrected chi connectivity index (χ4v) is 3.70. The number of hydrogen-bond acceptors (Lipinski definition) is 7. The smallest absolute Gasteiger partial charge is 0.408 e. The summed E-state index contributed by atoms with van der Waals surface area (Å²) in [6.45, 7) is 10.7. The van der Waals surface area contributed by atoms with Crippen LogP contribution >= 0.6 is 0 Å². The van der Waals surface area contributed by atoms with E-state index in [2.05, 4.69) is 15.2 Å². The summed E-state index contributed by atoms with van der Waals surface area (Å²) in [5.74, 6) is 0.681. The normalized spacial score (nSPS) is 25.0. The molecule has 8 heteroatoms. The Labute approximate surface area is 167 Å². The van der Waals surface area contributed by atoms with Crippen molar-refractivity contribution < 1.29 is 14.3 Å². The van der Waals surface area contributed by atoms with Crippen LogP contribution in [0.4, 0.5) is 10.7 Å². The second kappa shape index (κ2) is 8.21. The van der Waals surface area contributed by atoms with Gasteiger partial charge in [-0.2, -0.15) is 0 Å². The lowest BCUT2D eigenvalue weighted by Gasteiger charge is -2.25. The van der Waals surface area contributed by atoms with E-state index in [4.69, 9.17) is 20.2 Å². The average Bonchev–Trinajstić information content (AvgIpc) is 2.94. The van der Waals surface area contributed by atoms with E-state index in [9.17, 15) is 4.79 Å². The molecule has 3 atom stereocenters. The zero-order valence-corrected chi connectivity index (χ0v) is 17.6. The van der Waals surface area contributed by atoms with Crippen LogP contribution in [0.5, 0.6) is 0 Å². The lowest BCUT2D eigenvalue weighted by Crippen LogP contribution is -2.46. The van der Waals surface area contributed by atoms with E-state index in [1.807, 2.05) is 40.8 Å². The molecule has 0 bridgehead atoms. The van der Waals surface area contributed by atoms with Gasteiger partial charge >= 0.3 is 6.09 Å². The number of nitrogens with zero attached hydrogens (tertiary/aromatic N) is 3. The first-order chi connectivity index (χ1) is 13.1. The van der Waals surface area contributed by atoms with Crippen molar-refractivity contribution in [2.75, 3.05) is 18.0 Å². The van der Waals surface area contributed by atoms with Gasteiger partial charge in [0.05, 0.1) is 18.2 Å². The fourth-order valence-electron chi connectivity index (χ4n) is 3.70. The summed E-state index contributed by atoms with van der Waals surface area (Å²) < 4.78 is 11.5. The number of aromatic nitrogens is 2. The zero-order valence-electron chi connectivity index (χ0n) is 17.6. The molecule has 1 aromatic heterocycles. The zero-order chi connectivity index (χ0) is 20.5. The molecule has 1 amide bonds. The van der Waals surface area contributed by atoms with Crippen molar-refractivity contribution in [3.8, 4) is 0 Å². The van der Waals surface area contributed by atoms with Gasteiger partial charge in [0.15, 0.2) is 0 Å². The van der Waals surface area contributed by atoms with E-state index in [1.54, 1.807) is 0 Å². The second-order valence-electron chi connectivity index (χ2n) is 9.03. The first-order valence-electron chi connectivity index (χ1n) is 10.1. The van der Waals surface area contributed by atoms with Crippen LogP contribution in [0.25, 0.3) is 0 Å². The van der Waals surface area contributed by atoms with E-state index < -0.39 is 11.7 Å². The van der Waals surface area contributed by atoms with Crippen LogP contribution in [0.15, 0.2) is 6.20 Å². The summed E-state index contributed by atoms with van der Waals surface area (Å²) in [5, 5.41) is 2.96. The largest absolute Gasteiger partial charge is 0.444 e. The monoisotopic (exact) mass is 391 g/mol. The van der Waals surface area contributed by atoms with E-state index in [1.165, 1.54) is 0 Å². The number of aryl methyl sites for hydroxylation is 1. The summed E-state index contributed by atoms with van der Waals surface area (Å²) in [5.41, 5.74) is 7.72. The number of alkyl carbamates (subject to hydrolysis) is 1. The molecule has 0 saturated carbocycles. The summed E-state index contributed by atoms with van der Waals surface area (Å²) >= 11 is 0. The van der Waals surface area contributed by atoms with Gasteiger partial charge in [-0.15, -0.1) is 0 Å². The van der Waals surface area contributed by atoms with Gasteiger partial charge in [0.2, 0.25) is 5.95 Å². The van der Waals surface area contributed by atoms with E-state index in [0.717, 1.165) is 30.5 Å². The lowest BCUT2D eigenvalue weighted by molar-refractivity contribution is 0.000666. The standard InChI is InChI=1S/C20H33N5O3/c1-12(2)27-17-11-25(10-16(17)24-19(26)28-20(3,4)5)18-22-9-13-8-14(21)6-7-15(13)23-18/h9,12,14,16-17H,6-8,10-11,21H2,1-5H3,(H,24,26)/t14?,16-,17-/m0/s1. The van der Waals surface area contributed by atoms with E-state index in [0.29, 0.717) is 19.0 Å². The van der Waals surface area contributed by atoms with Crippen LogP contribution in [-0.2, 0) is 22.3 Å². The van der Waals surface area contributed by atoms with Crippen LogP contribution < -0.4 is 16.0 Å². The highest BCUT2D eigenvalue weighted by Gasteiger charge is 2.37. The molecule has 28 heavy (non-hydrogen) atoms. The summed E-state index contributed by atoms with van der Waals surface area (Å²) in [6, 6.07) is 0.00488. The molecular formula is C20H33N5O3. The number of nitrogens with one attached hydrogen (secondary N) is 1. The Kier molecular flexibility index (Phi) is 6.09. The third kappa shape index (κ3) is 5.32. The number of rotatable bonds is 4. The predicted octanol–water partition coefficient (Wildman–Crippen LogP) is 1.80. The molecule has 0 radical (unpaired) electrons. The lowest BCUT2D eigenvalue weighted by atomic mass is 9.94. The molecule has 1 fully saturated rings. The minimum Gasteiger partial charge on any atom is -0.444 e. The Morgan fingerprint density at radius 3 is 2.79 bits per heavy atom. The van der Waals surface area contributed by atoms with Gasteiger partial charge in [-0.25, -0.2) is 14.8 Å². The Morgan fingerprint density at radius 2 is 2.11 bits per heavy atom. The van der Waals surface area contributed by atoms with Crippen molar-refractivity contribution in [2.24, 2.45) is 5.73 Å². The molecule has 3 N–H and O–H groups in total. The summed E-state index contributed by atoms with van der Waals surface area (Å²) in [6.07, 6.45) is 4.02. The van der Waals surface area contributed by atoms with Gasteiger partial charge in [0.25, 0.3) is 0 Å². The van der Waals surface area contributed by atoms with Crippen molar-refractivity contribution >= 4 is 12.0 Å². The maximum absolute atomic E-state index is 12.3. The van der Waals surface area contributed by atoms with Gasteiger partial charge < -0.3 is 25.4 Å². The molecule has 156 valence electrons. The predicted molar refractivity (Wildman–Crippen MR) is 107 cm³/mol. The molecule has 2 heterocycles. The van der Waals surface area contributed by atoms with E-state index >= 15 is 0 Å². The number of fused-ring (bicyclic) bond motifs is 1. The maximum atomic E-state index is 12.3. The third-order valence-electron chi connectivity index (χ3n) is 4.87. The first kappa shape index (κ1) is 20.8. The van der Waals surface area contributed by atoms with Crippen molar-refractivity contribution in [2.45, 2.75) is 83.8 Å². The molecule has 1 aromatic rings. The number of anilines is 1. The Morgan fingerprint density at radius 1 is 1.36 bits per heavy atom. The van der Waals surface area contributed by atoms with Gasteiger partial charge in [-0.1, -0.05) is 0 Å². The Bertz CT molecular complexity index is 704. The van der Waals surface area contributed by atoms with Crippen molar-refractivity contribution in [1.29, 1.82) is 0 Å². The fraction of sp³-hybridized carbons (Fsp3) is 0.750. The van der Waals surface area contributed by atoms with Crippen LogP contribution in [0, 0.1) is 0 Å². The van der Waals surface area contributed by atoms with Crippen molar-refractivity contribution in [3.05, 3.63) is 17.5 Å². The number of carbonyl (C=O) groups excluding carboxylic acids is 1. The van der Waals surface area contributed by atoms with Crippen LogP contribution in [0.3, 0.4) is 0 Å². The first-order valence-corrected chi connectivity index (χ1v) is 10.1. The molecular weight excluding hydrogens is 358 g/mol. The molecule has 2 aliphatic rings. The maximum Gasteiger partial charge on any atom is 0.408 e. The molecule has 8 nitrogen and oxygen atoms in total. The molecule has 3 rings (SSSR count). The molecule has 1 saturated heterocycles. The topological polar surface area (TPSA) is 103 Å². The average molecular weight is 392 g/mol. The summed E-state index contributed by atoms with van der Waals surface area (Å²) in [7, 11) is 0. The summed E-state index contributed by atoms with van der Waals surface area (Å²) in [4.78, 5) is 23.7. The van der Waals surface area contributed by atoms with Gasteiger partial charge in [0.1, 0.15) is 5.60 Å². The van der Waals surface area contributed by atoms with Crippen LogP contribution in [-0.4, -0.2) is 59.0 Å². The third-order valence-corrected chi connectivity index (χ3v) is 4.87. The molecule has 0 spiro atoms. The Hall–Kier alpha value is -1.93. The van der Waals surface area contributed by atoms with Crippen LogP contribution in [0.1, 0.15) is 52.3 Å².